The molecule has 0 saturated carbocycles. The molecule has 1 amide bonds. The van der Waals surface area contributed by atoms with Gasteiger partial charge in [0.15, 0.2) is 5.78 Å². The number of pyridine rings is 1. The van der Waals surface area contributed by atoms with Crippen LogP contribution in [0, 0.1) is 0 Å². The average molecular weight is 368 g/mol. The maximum Gasteiger partial charge on any atom is 0.252 e. The van der Waals surface area contributed by atoms with Gasteiger partial charge in [-0.1, -0.05) is 12.1 Å². The smallest absolute Gasteiger partial charge is 0.252 e. The molecule has 0 unspecified atom stereocenters. The fourth-order valence-electron chi connectivity index (χ4n) is 2.87. The molecule has 7 heteroatoms. The van der Waals surface area contributed by atoms with Gasteiger partial charge in [-0.15, -0.1) is 0 Å². The van der Waals surface area contributed by atoms with Gasteiger partial charge in [0, 0.05) is 43.6 Å². The van der Waals surface area contributed by atoms with E-state index in [9.17, 15) is 9.59 Å². The van der Waals surface area contributed by atoms with E-state index in [-0.39, 0.29) is 11.7 Å². The van der Waals surface area contributed by atoms with Crippen molar-refractivity contribution in [1.29, 1.82) is 0 Å². The second kappa shape index (κ2) is 9.25. The standard InChI is InChI=1S/C20H24N4O3/c1-15(25)16-3-2-4-18(11-16)23-19-12-17(13-21-14-19)20(26)22-5-6-24-7-9-27-10-8-24/h2-4,11-14,23H,5-10H2,1H3,(H,22,26). The third-order valence-electron chi connectivity index (χ3n) is 4.38. The Morgan fingerprint density at radius 3 is 2.67 bits per heavy atom. The van der Waals surface area contributed by atoms with Crippen LogP contribution in [-0.2, 0) is 4.74 Å². The summed E-state index contributed by atoms with van der Waals surface area (Å²) in [4.78, 5) is 30.3. The van der Waals surface area contributed by atoms with Gasteiger partial charge in [-0.3, -0.25) is 19.5 Å². The fraction of sp³-hybridized carbons (Fsp3) is 0.350. The van der Waals surface area contributed by atoms with Crippen LogP contribution in [0.3, 0.4) is 0 Å². The number of nitrogens with zero attached hydrogens (tertiary/aromatic N) is 2. The van der Waals surface area contributed by atoms with Crippen LogP contribution in [0.2, 0.25) is 0 Å². The summed E-state index contributed by atoms with van der Waals surface area (Å²) in [7, 11) is 0. The molecule has 27 heavy (non-hydrogen) atoms. The number of carbonyl (C=O) groups is 2. The molecule has 1 saturated heterocycles. The number of hydrogen-bond acceptors (Lipinski definition) is 6. The molecule has 1 aliphatic rings. The molecule has 7 nitrogen and oxygen atoms in total. The zero-order valence-corrected chi connectivity index (χ0v) is 15.4. The molecule has 0 bridgehead atoms. The van der Waals surface area contributed by atoms with Crippen LogP contribution in [0.1, 0.15) is 27.6 Å². The molecule has 2 N–H and O–H groups in total. The Morgan fingerprint density at radius 2 is 1.89 bits per heavy atom. The number of benzene rings is 1. The van der Waals surface area contributed by atoms with Crippen molar-refractivity contribution in [2.75, 3.05) is 44.7 Å². The maximum absolute atomic E-state index is 12.4. The van der Waals surface area contributed by atoms with E-state index in [4.69, 9.17) is 4.74 Å². The van der Waals surface area contributed by atoms with Crippen LogP contribution < -0.4 is 10.6 Å². The lowest BCUT2D eigenvalue weighted by Gasteiger charge is -2.26. The number of Topliss-reactive ketones (excluding diaryl/α,β-unsaturated/α-hetero) is 1. The van der Waals surface area contributed by atoms with Gasteiger partial charge in [0.1, 0.15) is 0 Å². The molecule has 2 heterocycles. The largest absolute Gasteiger partial charge is 0.379 e. The minimum Gasteiger partial charge on any atom is -0.379 e. The highest BCUT2D eigenvalue weighted by Gasteiger charge is 2.11. The number of anilines is 2. The number of carbonyl (C=O) groups excluding carboxylic acids is 2. The Balaban J connectivity index is 1.57. The van der Waals surface area contributed by atoms with Gasteiger partial charge >= 0.3 is 0 Å². The molecule has 1 aromatic carbocycles. The van der Waals surface area contributed by atoms with E-state index in [2.05, 4.69) is 20.5 Å². The van der Waals surface area contributed by atoms with Crippen molar-refractivity contribution >= 4 is 23.1 Å². The highest BCUT2D eigenvalue weighted by Crippen LogP contribution is 2.18. The molecule has 2 aromatic rings. The molecule has 1 fully saturated rings. The first-order valence-electron chi connectivity index (χ1n) is 9.03. The number of morpholine rings is 1. The molecule has 1 aliphatic heterocycles. The van der Waals surface area contributed by atoms with Crippen molar-refractivity contribution in [2.45, 2.75) is 6.92 Å². The molecular weight excluding hydrogens is 344 g/mol. The summed E-state index contributed by atoms with van der Waals surface area (Å²) in [5.74, 6) is -0.151. The van der Waals surface area contributed by atoms with Gasteiger partial charge in [0.05, 0.1) is 30.7 Å². The summed E-state index contributed by atoms with van der Waals surface area (Å²) < 4.78 is 5.32. The first-order valence-corrected chi connectivity index (χ1v) is 9.03. The Hall–Kier alpha value is -2.77. The molecule has 0 aliphatic carbocycles. The van der Waals surface area contributed by atoms with Crippen LogP contribution in [0.5, 0.6) is 0 Å². The van der Waals surface area contributed by atoms with E-state index in [0.29, 0.717) is 23.4 Å². The first kappa shape index (κ1) is 19.0. The summed E-state index contributed by atoms with van der Waals surface area (Å²) >= 11 is 0. The second-order valence-electron chi connectivity index (χ2n) is 6.43. The highest BCUT2D eigenvalue weighted by molar-refractivity contribution is 5.96. The predicted octanol–water partition coefficient (Wildman–Crippen LogP) is 2.09. The fourth-order valence-corrected chi connectivity index (χ4v) is 2.87. The van der Waals surface area contributed by atoms with Crippen LogP contribution in [-0.4, -0.2) is 61.0 Å². The van der Waals surface area contributed by atoms with Crippen LogP contribution in [0.4, 0.5) is 11.4 Å². The van der Waals surface area contributed by atoms with E-state index < -0.39 is 0 Å². The van der Waals surface area contributed by atoms with Crippen molar-refractivity contribution in [3.8, 4) is 0 Å². The Bertz CT molecular complexity index is 803. The molecule has 0 radical (unpaired) electrons. The summed E-state index contributed by atoms with van der Waals surface area (Å²) in [5.41, 5.74) is 2.58. The quantitative estimate of drug-likeness (QED) is 0.728. The molecule has 3 rings (SSSR count). The first-order chi connectivity index (χ1) is 13.1. The minimum absolute atomic E-state index is 0.00479. The maximum atomic E-state index is 12.4. The summed E-state index contributed by atoms with van der Waals surface area (Å²) in [5, 5.41) is 6.11. The van der Waals surface area contributed by atoms with Crippen molar-refractivity contribution in [3.63, 3.8) is 0 Å². The van der Waals surface area contributed by atoms with Gasteiger partial charge in [0.2, 0.25) is 0 Å². The zero-order chi connectivity index (χ0) is 19.1. The van der Waals surface area contributed by atoms with Gasteiger partial charge in [-0.05, 0) is 25.1 Å². The van der Waals surface area contributed by atoms with Crippen molar-refractivity contribution < 1.29 is 14.3 Å². The lowest BCUT2D eigenvalue weighted by molar-refractivity contribution is 0.0383. The van der Waals surface area contributed by atoms with Gasteiger partial charge in [-0.2, -0.15) is 0 Å². The topological polar surface area (TPSA) is 83.6 Å². The van der Waals surface area contributed by atoms with Crippen molar-refractivity contribution in [3.05, 3.63) is 53.9 Å². The SMILES string of the molecule is CC(=O)c1cccc(Nc2cncc(C(=O)NCCN3CCOCC3)c2)c1. The molecule has 0 atom stereocenters. The second-order valence-corrected chi connectivity index (χ2v) is 6.43. The van der Waals surface area contributed by atoms with Crippen molar-refractivity contribution in [1.82, 2.24) is 15.2 Å². The number of amides is 1. The van der Waals surface area contributed by atoms with Gasteiger partial charge < -0.3 is 15.4 Å². The van der Waals surface area contributed by atoms with E-state index in [1.165, 1.54) is 6.92 Å². The number of rotatable bonds is 7. The average Bonchev–Trinajstić information content (AvgIpc) is 2.69. The van der Waals surface area contributed by atoms with E-state index in [0.717, 1.165) is 38.5 Å². The Morgan fingerprint density at radius 1 is 1.11 bits per heavy atom. The Labute approximate surface area is 158 Å². The third-order valence-corrected chi connectivity index (χ3v) is 4.38. The lowest BCUT2D eigenvalue weighted by Crippen LogP contribution is -2.41. The van der Waals surface area contributed by atoms with Crippen LogP contribution in [0.25, 0.3) is 0 Å². The predicted molar refractivity (Wildman–Crippen MR) is 104 cm³/mol. The monoisotopic (exact) mass is 368 g/mol. The number of nitrogens with one attached hydrogen (secondary N) is 2. The van der Waals surface area contributed by atoms with Gasteiger partial charge in [-0.25, -0.2) is 0 Å². The van der Waals surface area contributed by atoms with E-state index in [1.54, 1.807) is 30.6 Å². The van der Waals surface area contributed by atoms with Crippen LogP contribution in [0.15, 0.2) is 42.7 Å². The lowest BCUT2D eigenvalue weighted by atomic mass is 10.1. The Kier molecular flexibility index (Phi) is 6.51. The molecular formula is C20H24N4O3. The van der Waals surface area contributed by atoms with Crippen molar-refractivity contribution in [2.24, 2.45) is 0 Å². The highest BCUT2D eigenvalue weighted by atomic mass is 16.5. The minimum atomic E-state index is -0.156. The molecule has 0 spiro atoms. The number of ketones is 1. The van der Waals surface area contributed by atoms with E-state index in [1.807, 2.05) is 12.1 Å². The summed E-state index contributed by atoms with van der Waals surface area (Å²) in [6.45, 7) is 6.21. The number of hydrogen-bond donors (Lipinski definition) is 2. The van der Waals surface area contributed by atoms with Crippen LogP contribution >= 0.6 is 0 Å². The molecule has 1 aromatic heterocycles. The summed E-state index contributed by atoms with van der Waals surface area (Å²) in [6.07, 6.45) is 3.19. The third kappa shape index (κ3) is 5.60. The zero-order valence-electron chi connectivity index (χ0n) is 15.4. The van der Waals surface area contributed by atoms with E-state index >= 15 is 0 Å². The number of aromatic nitrogens is 1. The van der Waals surface area contributed by atoms with Gasteiger partial charge in [0.25, 0.3) is 5.91 Å². The normalized spacial score (nSPS) is 14.6. The number of ether oxygens (including phenoxy) is 1. The summed E-state index contributed by atoms with van der Waals surface area (Å²) in [6, 6.07) is 8.97. The molecule has 142 valence electrons.